The van der Waals surface area contributed by atoms with Gasteiger partial charge in [-0.2, -0.15) is 0 Å². The molecule has 0 aliphatic carbocycles. The van der Waals surface area contributed by atoms with E-state index in [-0.39, 0.29) is 59.3 Å². The summed E-state index contributed by atoms with van der Waals surface area (Å²) in [6, 6.07) is 12.4. The maximum absolute atomic E-state index is 14.3. The fraction of sp³-hybridized carbons (Fsp3) is 0.276. The molecular formula is C29H25F2N7O6. The van der Waals surface area contributed by atoms with Crippen molar-refractivity contribution in [2.75, 3.05) is 31.5 Å². The number of non-ortho nitro benzene ring substituents is 1. The Hall–Kier alpha value is -5.31. The quantitative estimate of drug-likeness (QED) is 0.169. The first-order valence-corrected chi connectivity index (χ1v) is 13.8. The molecular weight excluding hydrogens is 580 g/mol. The van der Waals surface area contributed by atoms with Gasteiger partial charge >= 0.3 is 5.69 Å². The fourth-order valence-corrected chi connectivity index (χ4v) is 5.57. The molecule has 0 atom stereocenters. The third kappa shape index (κ3) is 5.44. The summed E-state index contributed by atoms with van der Waals surface area (Å²) in [6.45, 7) is 0.912. The van der Waals surface area contributed by atoms with Gasteiger partial charge < -0.3 is 5.32 Å². The minimum Gasteiger partial charge on any atom is -0.374 e. The number of rotatable bonds is 9. The van der Waals surface area contributed by atoms with Crippen LogP contribution in [0.3, 0.4) is 0 Å². The average molecular weight is 606 g/mol. The van der Waals surface area contributed by atoms with Gasteiger partial charge in [0.25, 0.3) is 17.7 Å². The molecule has 3 aromatic carbocycles. The summed E-state index contributed by atoms with van der Waals surface area (Å²) in [5.41, 5.74) is 0.619. The number of nitrogens with zero attached hydrogens (tertiary/aromatic N) is 6. The number of anilines is 1. The molecule has 1 aromatic heterocycles. The molecule has 2 aliphatic rings. The molecule has 1 saturated heterocycles. The first-order chi connectivity index (χ1) is 21.2. The van der Waals surface area contributed by atoms with E-state index in [2.05, 4.69) is 20.3 Å². The standard InChI is InChI=1S/C29H25F2N7O6/c30-19-6-4-17(5-7-19)16-37(24(39)14-32-22-8-9-23(38(42)43)27-26(22)33-44-34-27)35-12-10-18(11-13-35)15-36-28(40)20-2-1-3-21(31)25(20)29(36)41/h1-9,18,32H,10-16H2. The lowest BCUT2D eigenvalue weighted by molar-refractivity contribution is -0.383. The Bertz CT molecular complexity index is 1770. The number of hydrazine groups is 1. The van der Waals surface area contributed by atoms with E-state index in [1.165, 1.54) is 41.4 Å². The Morgan fingerprint density at radius 2 is 1.75 bits per heavy atom. The predicted molar refractivity (Wildman–Crippen MR) is 150 cm³/mol. The average Bonchev–Trinajstić information content (AvgIpc) is 3.60. The number of nitro groups is 1. The zero-order chi connectivity index (χ0) is 31.0. The van der Waals surface area contributed by atoms with Gasteiger partial charge in [0.2, 0.25) is 5.52 Å². The summed E-state index contributed by atoms with van der Waals surface area (Å²) in [7, 11) is 0. The van der Waals surface area contributed by atoms with Gasteiger partial charge in [0.1, 0.15) is 11.6 Å². The van der Waals surface area contributed by atoms with Gasteiger partial charge in [0.15, 0.2) is 5.52 Å². The summed E-state index contributed by atoms with van der Waals surface area (Å²) in [5, 5.41) is 25.0. The number of benzene rings is 3. The maximum Gasteiger partial charge on any atom is 0.300 e. The van der Waals surface area contributed by atoms with E-state index in [1.54, 1.807) is 12.1 Å². The summed E-state index contributed by atoms with van der Waals surface area (Å²) >= 11 is 0. The highest BCUT2D eigenvalue weighted by Crippen LogP contribution is 2.30. The van der Waals surface area contributed by atoms with Crippen molar-refractivity contribution in [3.63, 3.8) is 0 Å². The molecule has 0 radical (unpaired) electrons. The van der Waals surface area contributed by atoms with Crippen molar-refractivity contribution in [3.05, 3.63) is 93.0 Å². The number of imide groups is 1. The lowest BCUT2D eigenvalue weighted by Gasteiger charge is -2.40. The van der Waals surface area contributed by atoms with Gasteiger partial charge in [-0.25, -0.2) is 18.4 Å². The lowest BCUT2D eigenvalue weighted by atomic mass is 9.97. The van der Waals surface area contributed by atoms with Crippen LogP contribution < -0.4 is 5.32 Å². The van der Waals surface area contributed by atoms with Crippen LogP contribution in [0.2, 0.25) is 0 Å². The van der Waals surface area contributed by atoms with E-state index >= 15 is 0 Å². The highest BCUT2D eigenvalue weighted by atomic mass is 19.1. The number of nitrogens with one attached hydrogen (secondary N) is 1. The monoisotopic (exact) mass is 605 g/mol. The summed E-state index contributed by atoms with van der Waals surface area (Å²) in [4.78, 5) is 51.0. The number of nitro benzene ring substituents is 1. The van der Waals surface area contributed by atoms with Crippen LogP contribution >= 0.6 is 0 Å². The topological polar surface area (TPSA) is 155 Å². The highest BCUT2D eigenvalue weighted by molar-refractivity contribution is 6.21. The van der Waals surface area contributed by atoms with Crippen molar-refractivity contribution in [1.82, 2.24) is 25.2 Å². The number of fused-ring (bicyclic) bond motifs is 2. The molecule has 1 fully saturated rings. The fourth-order valence-electron chi connectivity index (χ4n) is 5.57. The zero-order valence-electron chi connectivity index (χ0n) is 23.1. The number of carbonyl (C=O) groups is 3. The van der Waals surface area contributed by atoms with E-state index in [0.29, 0.717) is 37.2 Å². The first-order valence-electron chi connectivity index (χ1n) is 13.8. The second-order valence-electron chi connectivity index (χ2n) is 10.6. The minimum absolute atomic E-state index is 0.0570. The Kier molecular flexibility index (Phi) is 7.69. The van der Waals surface area contributed by atoms with Gasteiger partial charge in [-0.3, -0.25) is 34.4 Å². The molecule has 2 aliphatic heterocycles. The Balaban J connectivity index is 1.14. The molecule has 0 bridgehead atoms. The van der Waals surface area contributed by atoms with Crippen LogP contribution in [0.1, 0.15) is 39.1 Å². The number of piperidine rings is 1. The smallest absolute Gasteiger partial charge is 0.300 e. The van der Waals surface area contributed by atoms with E-state index in [0.717, 1.165) is 11.0 Å². The number of amides is 3. The van der Waals surface area contributed by atoms with Crippen LogP contribution in [-0.4, -0.2) is 74.1 Å². The normalized spacial score (nSPS) is 15.5. The van der Waals surface area contributed by atoms with Crippen LogP contribution in [0, 0.1) is 27.7 Å². The van der Waals surface area contributed by atoms with Crippen LogP contribution in [0.5, 0.6) is 0 Å². The largest absolute Gasteiger partial charge is 0.374 e. The van der Waals surface area contributed by atoms with Crippen molar-refractivity contribution in [1.29, 1.82) is 0 Å². The van der Waals surface area contributed by atoms with Gasteiger partial charge in [0.05, 0.1) is 34.8 Å². The third-order valence-corrected chi connectivity index (χ3v) is 7.88. The molecule has 0 unspecified atom stereocenters. The lowest BCUT2D eigenvalue weighted by Crippen LogP contribution is -2.52. The number of carbonyl (C=O) groups excluding carboxylic acids is 3. The molecule has 0 spiro atoms. The molecule has 6 rings (SSSR count). The van der Waals surface area contributed by atoms with Gasteiger partial charge in [-0.15, -0.1) is 0 Å². The van der Waals surface area contributed by atoms with Crippen LogP contribution in [-0.2, 0) is 11.3 Å². The summed E-state index contributed by atoms with van der Waals surface area (Å²) < 4.78 is 32.5. The van der Waals surface area contributed by atoms with E-state index in [4.69, 9.17) is 0 Å². The molecule has 0 saturated carbocycles. The second-order valence-corrected chi connectivity index (χ2v) is 10.6. The van der Waals surface area contributed by atoms with Gasteiger partial charge in [-0.05, 0) is 65.0 Å². The van der Waals surface area contributed by atoms with E-state index < -0.39 is 28.4 Å². The van der Waals surface area contributed by atoms with Crippen molar-refractivity contribution < 1.29 is 32.7 Å². The number of hydrogen-bond donors (Lipinski definition) is 1. The van der Waals surface area contributed by atoms with Crippen molar-refractivity contribution in [3.8, 4) is 0 Å². The molecule has 15 heteroatoms. The van der Waals surface area contributed by atoms with Gasteiger partial charge in [0, 0.05) is 25.7 Å². The van der Waals surface area contributed by atoms with Crippen molar-refractivity contribution >= 4 is 40.1 Å². The summed E-state index contributed by atoms with van der Waals surface area (Å²) in [5.74, 6) is -2.71. The van der Waals surface area contributed by atoms with Crippen LogP contribution in [0.15, 0.2) is 59.2 Å². The number of halogens is 2. The minimum atomic E-state index is -0.726. The van der Waals surface area contributed by atoms with Crippen LogP contribution in [0.4, 0.5) is 20.2 Å². The van der Waals surface area contributed by atoms with Crippen LogP contribution in [0.25, 0.3) is 11.0 Å². The number of hydrogen-bond acceptors (Lipinski definition) is 10. The molecule has 226 valence electrons. The molecule has 44 heavy (non-hydrogen) atoms. The second kappa shape index (κ2) is 11.8. The van der Waals surface area contributed by atoms with Gasteiger partial charge in [-0.1, -0.05) is 18.2 Å². The molecule has 3 amide bonds. The molecule has 4 aromatic rings. The SMILES string of the molecule is O=C1c2cccc(F)c2C(=O)N1CC1CCN(N(Cc2ccc(F)cc2)C(=O)CNc2ccc([N+](=O)[O-])c3nonc23)CC1. The summed E-state index contributed by atoms with van der Waals surface area (Å²) in [6.07, 6.45) is 1.09. The maximum atomic E-state index is 14.3. The Morgan fingerprint density at radius 3 is 2.45 bits per heavy atom. The Morgan fingerprint density at radius 1 is 1.02 bits per heavy atom. The zero-order valence-corrected chi connectivity index (χ0v) is 23.1. The first kappa shape index (κ1) is 28.8. The molecule has 13 nitrogen and oxygen atoms in total. The van der Waals surface area contributed by atoms with E-state index in [1.807, 2.05) is 5.01 Å². The van der Waals surface area contributed by atoms with Crippen molar-refractivity contribution in [2.24, 2.45) is 5.92 Å². The molecule has 1 N–H and O–H groups in total. The van der Waals surface area contributed by atoms with Crippen molar-refractivity contribution in [2.45, 2.75) is 19.4 Å². The predicted octanol–water partition coefficient (Wildman–Crippen LogP) is 3.77. The molecule has 3 heterocycles. The highest BCUT2D eigenvalue weighted by Gasteiger charge is 2.39. The van der Waals surface area contributed by atoms with E-state index in [9.17, 15) is 33.3 Å². The number of aromatic nitrogens is 2. The third-order valence-electron chi connectivity index (χ3n) is 7.88. The Labute approximate surface area is 248 Å².